The molecule has 5 heteroatoms. The highest BCUT2D eigenvalue weighted by molar-refractivity contribution is 6.42. The molecule has 0 heterocycles. The molecule has 0 aliphatic rings. The van der Waals surface area contributed by atoms with Gasteiger partial charge in [-0.3, -0.25) is 9.59 Å². The van der Waals surface area contributed by atoms with E-state index in [-0.39, 0.29) is 6.04 Å². The highest BCUT2D eigenvalue weighted by Gasteiger charge is 2.21. The van der Waals surface area contributed by atoms with E-state index in [1.165, 1.54) is 0 Å². The standard InChI is InChI=1S/C20H23NO4/c1-12-6-8-15(9-7-12)19(22)20(23)21-14(3)16-11-18(25-5)17(24-4)10-13(16)2/h6-11,14H,1-5H3,(H,21,23)/t14-/m1/s1. The molecule has 2 aromatic carbocycles. The zero-order valence-electron chi connectivity index (χ0n) is 15.2. The van der Waals surface area contributed by atoms with E-state index in [4.69, 9.17) is 9.47 Å². The lowest BCUT2D eigenvalue weighted by Gasteiger charge is -2.19. The van der Waals surface area contributed by atoms with Crippen molar-refractivity contribution in [2.45, 2.75) is 26.8 Å². The van der Waals surface area contributed by atoms with Gasteiger partial charge < -0.3 is 14.8 Å². The number of hydrogen-bond acceptors (Lipinski definition) is 4. The van der Waals surface area contributed by atoms with Crippen LogP contribution in [0.1, 0.15) is 40.0 Å². The summed E-state index contributed by atoms with van der Waals surface area (Å²) in [4.78, 5) is 24.6. The summed E-state index contributed by atoms with van der Waals surface area (Å²) in [5, 5.41) is 2.75. The van der Waals surface area contributed by atoms with Crippen LogP contribution in [0.3, 0.4) is 0 Å². The van der Waals surface area contributed by atoms with Crippen molar-refractivity contribution in [1.82, 2.24) is 5.32 Å². The molecule has 0 aliphatic carbocycles. The minimum Gasteiger partial charge on any atom is -0.493 e. The summed E-state index contributed by atoms with van der Waals surface area (Å²) in [5.74, 6) is 0.0163. The monoisotopic (exact) mass is 341 g/mol. The van der Waals surface area contributed by atoms with E-state index in [2.05, 4.69) is 5.32 Å². The molecule has 0 unspecified atom stereocenters. The molecular weight excluding hydrogens is 318 g/mol. The quantitative estimate of drug-likeness (QED) is 0.646. The molecule has 2 aromatic rings. The van der Waals surface area contributed by atoms with Crippen molar-refractivity contribution in [3.8, 4) is 11.5 Å². The molecule has 0 fully saturated rings. The molecule has 2 rings (SSSR count). The van der Waals surface area contributed by atoms with Crippen molar-refractivity contribution in [3.05, 3.63) is 58.7 Å². The van der Waals surface area contributed by atoms with E-state index in [0.29, 0.717) is 17.1 Å². The SMILES string of the molecule is COc1cc(C)c([C@@H](C)NC(=O)C(=O)c2ccc(C)cc2)cc1OC. The third-order valence-electron chi connectivity index (χ3n) is 4.11. The Morgan fingerprint density at radius 1 is 0.960 bits per heavy atom. The number of methoxy groups -OCH3 is 2. The normalized spacial score (nSPS) is 11.6. The van der Waals surface area contributed by atoms with Crippen LogP contribution in [0.4, 0.5) is 0 Å². The van der Waals surface area contributed by atoms with E-state index in [0.717, 1.165) is 16.7 Å². The summed E-state index contributed by atoms with van der Waals surface area (Å²) in [6.07, 6.45) is 0. The van der Waals surface area contributed by atoms with Crippen molar-refractivity contribution >= 4 is 11.7 Å². The van der Waals surface area contributed by atoms with Crippen molar-refractivity contribution in [3.63, 3.8) is 0 Å². The largest absolute Gasteiger partial charge is 0.493 e. The Morgan fingerprint density at radius 2 is 1.52 bits per heavy atom. The molecule has 5 nitrogen and oxygen atoms in total. The summed E-state index contributed by atoms with van der Waals surface area (Å²) in [6, 6.07) is 10.2. The average Bonchev–Trinajstić information content (AvgIpc) is 2.61. The van der Waals surface area contributed by atoms with Gasteiger partial charge in [0.1, 0.15) is 0 Å². The maximum Gasteiger partial charge on any atom is 0.292 e. The number of benzene rings is 2. The Hall–Kier alpha value is -2.82. The fraction of sp³-hybridized carbons (Fsp3) is 0.300. The number of hydrogen-bond donors (Lipinski definition) is 1. The van der Waals surface area contributed by atoms with E-state index in [1.54, 1.807) is 26.4 Å². The van der Waals surface area contributed by atoms with Crippen LogP contribution in [0.25, 0.3) is 0 Å². The van der Waals surface area contributed by atoms with Crippen LogP contribution in [0.5, 0.6) is 11.5 Å². The van der Waals surface area contributed by atoms with Crippen LogP contribution in [-0.2, 0) is 4.79 Å². The first-order chi connectivity index (χ1) is 11.9. The van der Waals surface area contributed by atoms with Gasteiger partial charge >= 0.3 is 0 Å². The first kappa shape index (κ1) is 18.5. The molecule has 1 atom stereocenters. The fourth-order valence-corrected chi connectivity index (χ4v) is 2.64. The number of amides is 1. The highest BCUT2D eigenvalue weighted by Crippen LogP contribution is 2.32. The lowest BCUT2D eigenvalue weighted by atomic mass is 10.0. The Balaban J connectivity index is 2.18. The molecule has 0 aromatic heterocycles. The number of nitrogens with one attached hydrogen (secondary N) is 1. The molecule has 0 aliphatic heterocycles. The van der Waals surface area contributed by atoms with Crippen molar-refractivity contribution in [2.24, 2.45) is 0 Å². The van der Waals surface area contributed by atoms with Crippen LogP contribution in [0.2, 0.25) is 0 Å². The lowest BCUT2D eigenvalue weighted by Crippen LogP contribution is -2.33. The van der Waals surface area contributed by atoms with Gasteiger partial charge in [0.05, 0.1) is 20.3 Å². The molecule has 1 N–H and O–H groups in total. The van der Waals surface area contributed by atoms with Gasteiger partial charge in [-0.2, -0.15) is 0 Å². The van der Waals surface area contributed by atoms with Crippen LogP contribution >= 0.6 is 0 Å². The van der Waals surface area contributed by atoms with Crippen molar-refractivity contribution < 1.29 is 19.1 Å². The summed E-state index contributed by atoms with van der Waals surface area (Å²) < 4.78 is 10.6. The molecule has 0 bridgehead atoms. The average molecular weight is 341 g/mol. The molecule has 1 amide bonds. The van der Waals surface area contributed by atoms with Gasteiger partial charge in [-0.25, -0.2) is 0 Å². The minimum absolute atomic E-state index is 0.346. The zero-order valence-corrected chi connectivity index (χ0v) is 15.2. The zero-order chi connectivity index (χ0) is 18.6. The Labute approximate surface area is 148 Å². The maximum atomic E-state index is 12.3. The van der Waals surface area contributed by atoms with Gasteiger partial charge in [-0.1, -0.05) is 29.8 Å². The van der Waals surface area contributed by atoms with Crippen LogP contribution in [0, 0.1) is 13.8 Å². The van der Waals surface area contributed by atoms with Crippen molar-refractivity contribution in [1.29, 1.82) is 0 Å². The Kier molecular flexibility index (Phi) is 5.80. The molecule has 132 valence electrons. The van der Waals surface area contributed by atoms with Gasteiger partial charge in [0.2, 0.25) is 5.78 Å². The topological polar surface area (TPSA) is 64.6 Å². The third kappa shape index (κ3) is 4.18. The molecule has 0 spiro atoms. The van der Waals surface area contributed by atoms with Gasteiger partial charge in [-0.05, 0) is 44.0 Å². The first-order valence-corrected chi connectivity index (χ1v) is 8.01. The number of carbonyl (C=O) groups is 2. The van der Waals surface area contributed by atoms with E-state index < -0.39 is 11.7 Å². The summed E-state index contributed by atoms with van der Waals surface area (Å²) in [5.41, 5.74) is 3.21. The van der Waals surface area contributed by atoms with Crippen LogP contribution < -0.4 is 14.8 Å². The van der Waals surface area contributed by atoms with Crippen LogP contribution in [-0.4, -0.2) is 25.9 Å². The van der Waals surface area contributed by atoms with Gasteiger partial charge in [0.15, 0.2) is 11.5 Å². The van der Waals surface area contributed by atoms with Gasteiger partial charge in [-0.15, -0.1) is 0 Å². The van der Waals surface area contributed by atoms with E-state index >= 15 is 0 Å². The third-order valence-corrected chi connectivity index (χ3v) is 4.11. The maximum absolute atomic E-state index is 12.3. The highest BCUT2D eigenvalue weighted by atomic mass is 16.5. The predicted octanol–water partition coefficient (Wildman–Crippen LogP) is 3.38. The predicted molar refractivity (Wildman–Crippen MR) is 96.4 cm³/mol. The molecule has 0 saturated carbocycles. The lowest BCUT2D eigenvalue weighted by molar-refractivity contribution is -0.117. The summed E-state index contributed by atoms with van der Waals surface area (Å²) in [6.45, 7) is 5.67. The Morgan fingerprint density at radius 3 is 2.08 bits per heavy atom. The van der Waals surface area contributed by atoms with Gasteiger partial charge in [0.25, 0.3) is 5.91 Å². The smallest absolute Gasteiger partial charge is 0.292 e. The second kappa shape index (κ2) is 7.83. The number of ether oxygens (including phenoxy) is 2. The number of Topliss-reactive ketones (excluding diaryl/α,β-unsaturated/α-hetero) is 1. The molecule has 0 radical (unpaired) electrons. The number of carbonyl (C=O) groups excluding carboxylic acids is 2. The van der Waals surface area contributed by atoms with E-state index in [1.807, 2.05) is 45.0 Å². The first-order valence-electron chi connectivity index (χ1n) is 8.01. The van der Waals surface area contributed by atoms with Crippen LogP contribution in [0.15, 0.2) is 36.4 Å². The minimum atomic E-state index is -0.634. The molecule has 0 saturated heterocycles. The number of rotatable bonds is 6. The second-order valence-corrected chi connectivity index (χ2v) is 5.95. The number of aryl methyl sites for hydroxylation is 2. The van der Waals surface area contributed by atoms with Crippen molar-refractivity contribution in [2.75, 3.05) is 14.2 Å². The number of ketones is 1. The Bertz CT molecular complexity index is 781. The summed E-state index contributed by atoms with van der Waals surface area (Å²) >= 11 is 0. The molecule has 25 heavy (non-hydrogen) atoms. The molecular formula is C20H23NO4. The summed E-state index contributed by atoms with van der Waals surface area (Å²) in [7, 11) is 3.13. The van der Waals surface area contributed by atoms with Gasteiger partial charge in [0, 0.05) is 5.56 Å². The fourth-order valence-electron chi connectivity index (χ4n) is 2.64. The van der Waals surface area contributed by atoms with E-state index in [9.17, 15) is 9.59 Å². The second-order valence-electron chi connectivity index (χ2n) is 5.95.